The molecule has 2 rings (SSSR count). The van der Waals surface area contributed by atoms with E-state index in [1.54, 1.807) is 14.2 Å². The summed E-state index contributed by atoms with van der Waals surface area (Å²) in [6.07, 6.45) is 1.03. The van der Waals surface area contributed by atoms with E-state index in [1.165, 1.54) is 16.7 Å². The summed E-state index contributed by atoms with van der Waals surface area (Å²) in [6, 6.07) is 2.12. The van der Waals surface area contributed by atoms with Gasteiger partial charge >= 0.3 is 0 Å². The van der Waals surface area contributed by atoms with Crippen molar-refractivity contribution < 1.29 is 9.47 Å². The van der Waals surface area contributed by atoms with Crippen LogP contribution in [0.5, 0.6) is 11.5 Å². The fourth-order valence-electron chi connectivity index (χ4n) is 2.90. The Bertz CT molecular complexity index is 460. The van der Waals surface area contributed by atoms with Crippen molar-refractivity contribution in [1.29, 1.82) is 0 Å². The second-order valence-corrected chi connectivity index (χ2v) is 5.13. The Morgan fingerprint density at radius 3 is 2.60 bits per heavy atom. The second kappa shape index (κ2) is 6.95. The van der Waals surface area contributed by atoms with Crippen molar-refractivity contribution in [2.75, 3.05) is 33.9 Å². The highest BCUT2D eigenvalue weighted by atomic mass is 16.5. The van der Waals surface area contributed by atoms with Crippen molar-refractivity contribution in [2.45, 2.75) is 33.4 Å². The highest BCUT2D eigenvalue weighted by molar-refractivity contribution is 5.54. The van der Waals surface area contributed by atoms with E-state index in [4.69, 9.17) is 9.47 Å². The van der Waals surface area contributed by atoms with Crippen LogP contribution in [-0.2, 0) is 19.5 Å². The van der Waals surface area contributed by atoms with Crippen LogP contribution in [0.1, 0.15) is 30.5 Å². The van der Waals surface area contributed by atoms with Crippen LogP contribution in [0.3, 0.4) is 0 Å². The summed E-state index contributed by atoms with van der Waals surface area (Å²) in [6.45, 7) is 9.20. The van der Waals surface area contributed by atoms with Crippen molar-refractivity contribution >= 4 is 0 Å². The first-order chi connectivity index (χ1) is 9.74. The first kappa shape index (κ1) is 15.1. The second-order valence-electron chi connectivity index (χ2n) is 5.13. The number of nitrogens with one attached hydrogen (secondary N) is 1. The summed E-state index contributed by atoms with van der Waals surface area (Å²) < 4.78 is 11.3. The maximum atomic E-state index is 5.70. The van der Waals surface area contributed by atoms with Crippen LogP contribution in [0.25, 0.3) is 0 Å². The molecule has 0 saturated carbocycles. The molecule has 0 aliphatic carbocycles. The molecule has 1 aromatic rings. The molecule has 0 atom stereocenters. The normalized spacial score (nSPS) is 15.0. The first-order valence-electron chi connectivity index (χ1n) is 7.43. The van der Waals surface area contributed by atoms with E-state index in [2.05, 4.69) is 30.1 Å². The summed E-state index contributed by atoms with van der Waals surface area (Å²) in [4.78, 5) is 2.44. The maximum absolute atomic E-state index is 5.70. The molecule has 1 N–H and O–H groups in total. The zero-order valence-electron chi connectivity index (χ0n) is 13.1. The van der Waals surface area contributed by atoms with Gasteiger partial charge in [0.15, 0.2) is 0 Å². The summed E-state index contributed by atoms with van der Waals surface area (Å²) >= 11 is 0. The smallest absolute Gasteiger partial charge is 0.127 e. The lowest BCUT2D eigenvalue weighted by Crippen LogP contribution is -2.31. The Morgan fingerprint density at radius 2 is 2.00 bits per heavy atom. The molecule has 0 fully saturated rings. The lowest BCUT2D eigenvalue weighted by atomic mass is 9.94. The van der Waals surface area contributed by atoms with Crippen LogP contribution in [0.4, 0.5) is 0 Å². The zero-order valence-corrected chi connectivity index (χ0v) is 13.1. The highest BCUT2D eigenvalue weighted by Gasteiger charge is 2.24. The summed E-state index contributed by atoms with van der Waals surface area (Å²) in [5.74, 6) is 2.03. The van der Waals surface area contributed by atoms with Crippen molar-refractivity contribution in [3.8, 4) is 11.5 Å². The van der Waals surface area contributed by atoms with Gasteiger partial charge in [0.1, 0.15) is 11.5 Å². The van der Waals surface area contributed by atoms with Gasteiger partial charge in [0.2, 0.25) is 0 Å². The molecule has 0 unspecified atom stereocenters. The highest BCUT2D eigenvalue weighted by Crippen LogP contribution is 2.37. The number of fused-ring (bicyclic) bond motifs is 1. The standard InChI is InChI=1S/C16H26N2O2/c1-5-17-10-12-9-15(19-3)14-11-18(6-2)8-7-13(14)16(12)20-4/h9,17H,5-8,10-11H2,1-4H3. The molecule has 0 radical (unpaired) electrons. The third-order valence-electron chi connectivity index (χ3n) is 4.03. The average Bonchev–Trinajstić information content (AvgIpc) is 2.50. The fraction of sp³-hybridized carbons (Fsp3) is 0.625. The van der Waals surface area contributed by atoms with Gasteiger partial charge in [0.25, 0.3) is 0 Å². The van der Waals surface area contributed by atoms with Crippen LogP contribution in [0.2, 0.25) is 0 Å². The van der Waals surface area contributed by atoms with Crippen LogP contribution < -0.4 is 14.8 Å². The molecule has 112 valence electrons. The minimum absolute atomic E-state index is 0.820. The molecule has 4 heteroatoms. The van der Waals surface area contributed by atoms with Crippen LogP contribution in [0, 0.1) is 0 Å². The van der Waals surface area contributed by atoms with Gasteiger partial charge in [-0.1, -0.05) is 13.8 Å². The lowest BCUT2D eigenvalue weighted by molar-refractivity contribution is 0.257. The Hall–Kier alpha value is -1.26. The molecule has 1 aliphatic heterocycles. The molecule has 0 saturated heterocycles. The molecule has 20 heavy (non-hydrogen) atoms. The molecule has 0 amide bonds. The quantitative estimate of drug-likeness (QED) is 0.865. The van der Waals surface area contributed by atoms with E-state index in [1.807, 2.05) is 0 Å². The molecule has 1 aliphatic rings. The van der Waals surface area contributed by atoms with Gasteiger partial charge in [-0.3, -0.25) is 4.90 Å². The Kier molecular flexibility index (Phi) is 5.26. The van der Waals surface area contributed by atoms with Gasteiger partial charge < -0.3 is 14.8 Å². The van der Waals surface area contributed by atoms with Crippen LogP contribution in [0.15, 0.2) is 6.07 Å². The number of likely N-dealkylation sites (N-methyl/N-ethyl adjacent to an activating group) is 1. The maximum Gasteiger partial charge on any atom is 0.127 e. The summed E-state index contributed by atoms with van der Waals surface area (Å²) in [5.41, 5.74) is 3.80. The van der Waals surface area contributed by atoms with E-state index in [0.29, 0.717) is 0 Å². The third-order valence-corrected chi connectivity index (χ3v) is 4.03. The van der Waals surface area contributed by atoms with E-state index in [-0.39, 0.29) is 0 Å². The third kappa shape index (κ3) is 2.91. The fourth-order valence-corrected chi connectivity index (χ4v) is 2.90. The minimum atomic E-state index is 0.820. The number of benzene rings is 1. The number of nitrogens with zero attached hydrogens (tertiary/aromatic N) is 1. The predicted molar refractivity (Wildman–Crippen MR) is 81.6 cm³/mol. The number of methoxy groups -OCH3 is 2. The van der Waals surface area contributed by atoms with Gasteiger partial charge in [-0.15, -0.1) is 0 Å². The number of ether oxygens (including phenoxy) is 2. The van der Waals surface area contributed by atoms with Gasteiger partial charge in [-0.2, -0.15) is 0 Å². The predicted octanol–water partition coefficient (Wildman–Crippen LogP) is 2.19. The Balaban J connectivity index is 2.43. The van der Waals surface area contributed by atoms with Crippen molar-refractivity contribution in [3.63, 3.8) is 0 Å². The topological polar surface area (TPSA) is 33.7 Å². The first-order valence-corrected chi connectivity index (χ1v) is 7.43. The molecule has 1 aromatic carbocycles. The van der Waals surface area contributed by atoms with Crippen molar-refractivity contribution in [1.82, 2.24) is 10.2 Å². The monoisotopic (exact) mass is 278 g/mol. The lowest BCUT2D eigenvalue weighted by Gasteiger charge is -2.31. The molecular weight excluding hydrogens is 252 g/mol. The zero-order chi connectivity index (χ0) is 14.5. The van der Waals surface area contributed by atoms with E-state index in [9.17, 15) is 0 Å². The molecular formula is C16H26N2O2. The number of rotatable bonds is 6. The molecule has 1 heterocycles. The van der Waals surface area contributed by atoms with Gasteiger partial charge in [-0.25, -0.2) is 0 Å². The van der Waals surface area contributed by atoms with E-state index >= 15 is 0 Å². The van der Waals surface area contributed by atoms with Crippen LogP contribution in [-0.4, -0.2) is 38.8 Å². The largest absolute Gasteiger partial charge is 0.496 e. The van der Waals surface area contributed by atoms with Gasteiger partial charge in [0, 0.05) is 36.3 Å². The molecule has 4 nitrogen and oxygen atoms in total. The Morgan fingerprint density at radius 1 is 1.20 bits per heavy atom. The Labute approximate surface area is 122 Å². The van der Waals surface area contributed by atoms with E-state index in [0.717, 1.165) is 50.6 Å². The average molecular weight is 278 g/mol. The number of hydrogen-bond acceptors (Lipinski definition) is 4. The summed E-state index contributed by atoms with van der Waals surface area (Å²) in [7, 11) is 3.52. The molecule has 0 aromatic heterocycles. The summed E-state index contributed by atoms with van der Waals surface area (Å²) in [5, 5.41) is 3.37. The van der Waals surface area contributed by atoms with Crippen LogP contribution >= 0.6 is 0 Å². The number of hydrogen-bond donors (Lipinski definition) is 1. The SMILES string of the molecule is CCNCc1cc(OC)c2c(c1OC)CCN(CC)C2. The van der Waals surface area contributed by atoms with Gasteiger partial charge in [-0.05, 0) is 25.6 Å². The molecule has 0 bridgehead atoms. The molecule has 0 spiro atoms. The van der Waals surface area contributed by atoms with Crippen molar-refractivity contribution in [3.05, 3.63) is 22.8 Å². The minimum Gasteiger partial charge on any atom is -0.496 e. The van der Waals surface area contributed by atoms with Gasteiger partial charge in [0.05, 0.1) is 14.2 Å². The van der Waals surface area contributed by atoms with E-state index < -0.39 is 0 Å². The van der Waals surface area contributed by atoms with Crippen molar-refractivity contribution in [2.24, 2.45) is 0 Å².